The zero-order valence-corrected chi connectivity index (χ0v) is 9.25. The third kappa shape index (κ3) is 2.31. The van der Waals surface area contributed by atoms with Crippen molar-refractivity contribution < 1.29 is 0 Å². The van der Waals surface area contributed by atoms with Crippen LogP contribution in [-0.2, 0) is 13.6 Å². The van der Waals surface area contributed by atoms with Gasteiger partial charge >= 0.3 is 0 Å². The first-order valence-corrected chi connectivity index (χ1v) is 4.93. The van der Waals surface area contributed by atoms with E-state index in [-0.39, 0.29) is 0 Å². The van der Waals surface area contributed by atoms with Gasteiger partial charge in [-0.1, -0.05) is 0 Å². The number of nitrogen functional groups attached to an aromatic ring is 1. The Morgan fingerprint density at radius 3 is 3.00 bits per heavy atom. The summed E-state index contributed by atoms with van der Waals surface area (Å²) < 4.78 is 1.61. The van der Waals surface area contributed by atoms with Crippen molar-refractivity contribution in [3.8, 4) is 6.07 Å². The second-order valence-corrected chi connectivity index (χ2v) is 3.42. The van der Waals surface area contributed by atoms with Crippen LogP contribution < -0.4 is 11.1 Å². The van der Waals surface area contributed by atoms with Crippen molar-refractivity contribution in [2.24, 2.45) is 7.05 Å². The molecule has 2 rings (SSSR count). The van der Waals surface area contributed by atoms with Crippen molar-refractivity contribution >= 4 is 11.5 Å². The van der Waals surface area contributed by atoms with Crippen LogP contribution >= 0.6 is 0 Å². The Morgan fingerprint density at radius 1 is 1.53 bits per heavy atom. The number of nitrogens with two attached hydrogens (primary N) is 1. The summed E-state index contributed by atoms with van der Waals surface area (Å²) in [6.07, 6.45) is 3.14. The summed E-state index contributed by atoms with van der Waals surface area (Å²) >= 11 is 0. The number of pyridine rings is 1. The second-order valence-electron chi connectivity index (χ2n) is 3.42. The Bertz CT molecular complexity index is 566. The highest BCUT2D eigenvalue weighted by Crippen LogP contribution is 2.19. The normalized spacial score (nSPS) is 9.88. The lowest BCUT2D eigenvalue weighted by molar-refractivity contribution is 0.747. The molecule has 0 unspecified atom stereocenters. The van der Waals surface area contributed by atoms with Gasteiger partial charge < -0.3 is 11.1 Å². The molecule has 3 N–H and O–H groups in total. The summed E-state index contributed by atoms with van der Waals surface area (Å²) in [6, 6.07) is 3.57. The molecular weight excluding hydrogens is 218 g/mol. The van der Waals surface area contributed by atoms with Gasteiger partial charge in [-0.25, -0.2) is 9.97 Å². The Hall–Kier alpha value is -2.62. The molecule has 86 valence electrons. The first-order valence-electron chi connectivity index (χ1n) is 4.93. The molecule has 17 heavy (non-hydrogen) atoms. The van der Waals surface area contributed by atoms with Gasteiger partial charge in [0.2, 0.25) is 0 Å². The van der Waals surface area contributed by atoms with E-state index in [1.807, 2.05) is 6.07 Å². The van der Waals surface area contributed by atoms with Crippen LogP contribution in [0.5, 0.6) is 0 Å². The third-order valence-corrected chi connectivity index (χ3v) is 2.17. The van der Waals surface area contributed by atoms with E-state index in [0.717, 1.165) is 0 Å². The molecule has 0 aliphatic heterocycles. The van der Waals surface area contributed by atoms with Crippen LogP contribution in [-0.4, -0.2) is 19.7 Å². The van der Waals surface area contributed by atoms with Crippen molar-refractivity contribution in [1.82, 2.24) is 19.7 Å². The fourth-order valence-electron chi connectivity index (χ4n) is 1.34. The number of nitrogens with zero attached hydrogens (tertiary/aromatic N) is 5. The van der Waals surface area contributed by atoms with Crippen LogP contribution in [0.15, 0.2) is 18.6 Å². The number of hydrogen-bond donors (Lipinski definition) is 2. The molecule has 7 nitrogen and oxygen atoms in total. The van der Waals surface area contributed by atoms with Crippen molar-refractivity contribution in [3.05, 3.63) is 30.0 Å². The van der Waals surface area contributed by atoms with Gasteiger partial charge in [0.15, 0.2) is 11.6 Å². The predicted octanol–water partition coefficient (Wildman–Crippen LogP) is 0.276. The quantitative estimate of drug-likeness (QED) is 0.782. The molecule has 0 atom stereocenters. The summed E-state index contributed by atoms with van der Waals surface area (Å²) in [5.41, 5.74) is 6.51. The number of nitriles is 1. The lowest BCUT2D eigenvalue weighted by atomic mass is 10.2. The van der Waals surface area contributed by atoms with Crippen molar-refractivity contribution in [2.75, 3.05) is 11.1 Å². The van der Waals surface area contributed by atoms with E-state index >= 15 is 0 Å². The summed E-state index contributed by atoms with van der Waals surface area (Å²) in [7, 11) is 1.79. The van der Waals surface area contributed by atoms with Gasteiger partial charge in [-0.05, 0) is 6.07 Å². The van der Waals surface area contributed by atoms with E-state index in [1.54, 1.807) is 24.1 Å². The van der Waals surface area contributed by atoms with E-state index in [1.165, 1.54) is 6.20 Å². The molecule has 0 spiro atoms. The molecule has 2 aromatic rings. The van der Waals surface area contributed by atoms with E-state index < -0.39 is 0 Å². The number of aryl methyl sites for hydroxylation is 1. The Balaban J connectivity index is 2.12. The van der Waals surface area contributed by atoms with Crippen LogP contribution in [0.3, 0.4) is 0 Å². The minimum Gasteiger partial charge on any atom is -0.395 e. The zero-order valence-electron chi connectivity index (χ0n) is 9.25. The largest absolute Gasteiger partial charge is 0.395 e. The Labute approximate surface area is 97.9 Å². The highest BCUT2D eigenvalue weighted by atomic mass is 15.3. The molecular formula is C10H11N7. The van der Waals surface area contributed by atoms with Crippen LogP contribution in [0.4, 0.5) is 11.5 Å². The van der Waals surface area contributed by atoms with Crippen LogP contribution in [0.25, 0.3) is 0 Å². The highest BCUT2D eigenvalue weighted by Gasteiger charge is 2.06. The van der Waals surface area contributed by atoms with Crippen molar-refractivity contribution in [1.29, 1.82) is 5.26 Å². The fourth-order valence-corrected chi connectivity index (χ4v) is 1.34. The molecule has 2 aromatic heterocycles. The second kappa shape index (κ2) is 4.49. The van der Waals surface area contributed by atoms with E-state index in [9.17, 15) is 0 Å². The molecule has 0 saturated heterocycles. The molecule has 0 saturated carbocycles. The SMILES string of the molecule is Cn1cnc(CNc2nccc(C#N)c2N)n1. The Morgan fingerprint density at radius 2 is 2.35 bits per heavy atom. The van der Waals surface area contributed by atoms with E-state index in [4.69, 9.17) is 11.0 Å². The monoisotopic (exact) mass is 229 g/mol. The van der Waals surface area contributed by atoms with Crippen LogP contribution in [0.1, 0.15) is 11.4 Å². The average molecular weight is 229 g/mol. The molecule has 0 fully saturated rings. The third-order valence-electron chi connectivity index (χ3n) is 2.17. The van der Waals surface area contributed by atoms with Gasteiger partial charge in [-0.2, -0.15) is 10.4 Å². The maximum absolute atomic E-state index is 8.82. The maximum Gasteiger partial charge on any atom is 0.169 e. The summed E-state index contributed by atoms with van der Waals surface area (Å²) in [4.78, 5) is 8.12. The van der Waals surface area contributed by atoms with Crippen LogP contribution in [0.2, 0.25) is 0 Å². The van der Waals surface area contributed by atoms with Gasteiger partial charge in [0.05, 0.1) is 17.8 Å². The van der Waals surface area contributed by atoms with Crippen molar-refractivity contribution in [3.63, 3.8) is 0 Å². The lowest BCUT2D eigenvalue weighted by Gasteiger charge is -2.06. The molecule has 7 heteroatoms. The first-order chi connectivity index (χ1) is 8.20. The molecule has 0 radical (unpaired) electrons. The summed E-state index contributed by atoms with van der Waals surface area (Å²) in [5.74, 6) is 1.10. The minimum atomic E-state index is 0.339. The average Bonchev–Trinajstić information content (AvgIpc) is 2.74. The van der Waals surface area contributed by atoms with E-state index in [2.05, 4.69) is 20.4 Å². The molecule has 2 heterocycles. The van der Waals surface area contributed by atoms with Gasteiger partial charge in [0, 0.05) is 13.2 Å². The molecule has 0 bridgehead atoms. The number of nitrogens with one attached hydrogen (secondary N) is 1. The standard InChI is InChI=1S/C10H11N7/c1-17-6-15-8(16-17)5-14-10-9(12)7(4-11)2-3-13-10/h2-3,6H,5,12H2,1H3,(H,13,14). The van der Waals surface area contributed by atoms with Gasteiger partial charge in [0.25, 0.3) is 0 Å². The van der Waals surface area contributed by atoms with Crippen molar-refractivity contribution in [2.45, 2.75) is 6.54 Å². The Kier molecular flexibility index (Phi) is 2.87. The van der Waals surface area contributed by atoms with Crippen LogP contribution in [0, 0.1) is 11.3 Å². The van der Waals surface area contributed by atoms with Gasteiger partial charge in [-0.15, -0.1) is 0 Å². The lowest BCUT2D eigenvalue weighted by Crippen LogP contribution is -2.07. The first kappa shape index (κ1) is 10.9. The maximum atomic E-state index is 8.82. The molecule has 0 aliphatic carbocycles. The summed E-state index contributed by atoms with van der Waals surface area (Å²) in [6.45, 7) is 0.410. The van der Waals surface area contributed by atoms with Gasteiger partial charge in [0.1, 0.15) is 12.4 Å². The zero-order chi connectivity index (χ0) is 12.3. The number of rotatable bonds is 3. The topological polar surface area (TPSA) is 105 Å². The summed E-state index contributed by atoms with van der Waals surface area (Å²) in [5, 5.41) is 15.9. The number of hydrogen-bond acceptors (Lipinski definition) is 6. The number of aromatic nitrogens is 4. The van der Waals surface area contributed by atoms with Gasteiger partial charge in [-0.3, -0.25) is 4.68 Å². The highest BCUT2D eigenvalue weighted by molar-refractivity contribution is 5.68. The smallest absolute Gasteiger partial charge is 0.169 e. The molecule has 0 amide bonds. The molecule has 0 aliphatic rings. The number of anilines is 2. The fraction of sp³-hybridized carbons (Fsp3) is 0.200. The predicted molar refractivity (Wildman–Crippen MR) is 61.7 cm³/mol. The minimum absolute atomic E-state index is 0.339. The van der Waals surface area contributed by atoms with E-state index in [0.29, 0.717) is 29.4 Å². The molecule has 0 aromatic carbocycles.